The van der Waals surface area contributed by atoms with Crippen molar-refractivity contribution >= 4 is 35.5 Å². The van der Waals surface area contributed by atoms with Crippen molar-refractivity contribution in [3.8, 4) is 17.2 Å². The highest BCUT2D eigenvalue weighted by Crippen LogP contribution is 2.27. The van der Waals surface area contributed by atoms with E-state index in [0.717, 1.165) is 34.1 Å². The average molecular weight is 511 g/mol. The normalized spacial score (nSPS) is 11.3. The number of anilines is 2. The maximum Gasteiger partial charge on any atom is 0.573 e. The third-order valence-electron chi connectivity index (χ3n) is 4.15. The Kier molecular flexibility index (Phi) is 8.25. The highest BCUT2D eigenvalue weighted by Gasteiger charge is 2.31. The maximum atomic E-state index is 12.2. The van der Waals surface area contributed by atoms with Gasteiger partial charge in [-0.15, -0.1) is 23.4 Å². The molecule has 0 unspecified atom stereocenters. The zero-order valence-electron chi connectivity index (χ0n) is 18.4. The van der Waals surface area contributed by atoms with Gasteiger partial charge in [0.15, 0.2) is 11.5 Å². The van der Waals surface area contributed by atoms with E-state index in [4.69, 9.17) is 15.3 Å². The van der Waals surface area contributed by atoms with Crippen LogP contribution in [0.2, 0.25) is 0 Å². The first kappa shape index (κ1) is 25.5. The number of nitrogens with one attached hydrogen (secondary N) is 2. The Morgan fingerprint density at radius 2 is 1.86 bits per heavy atom. The molecule has 0 atom stereocenters. The molecule has 0 saturated carbocycles. The second kappa shape index (κ2) is 11.3. The number of nitrogens with two attached hydrogens (primary N) is 1. The van der Waals surface area contributed by atoms with Crippen LogP contribution in [0.1, 0.15) is 5.56 Å². The van der Waals surface area contributed by atoms with Crippen molar-refractivity contribution in [3.63, 3.8) is 0 Å². The summed E-state index contributed by atoms with van der Waals surface area (Å²) in [5, 5.41) is 14.6. The number of thioether (sulfide) groups is 1. The molecule has 1 aromatic heterocycles. The van der Waals surface area contributed by atoms with Crippen molar-refractivity contribution in [2.75, 3.05) is 36.6 Å². The number of aromatic nitrogens is 3. The lowest BCUT2D eigenvalue weighted by Crippen LogP contribution is -2.18. The van der Waals surface area contributed by atoms with Gasteiger partial charge in [-0.3, -0.25) is 4.79 Å². The number of carbonyl (C=O) groups is 1. The molecule has 2 aromatic carbocycles. The molecule has 3 rings (SSSR count). The van der Waals surface area contributed by atoms with Gasteiger partial charge < -0.3 is 25.4 Å². The number of hydrogen-bond acceptors (Lipinski definition) is 10. The molecule has 11 nitrogen and oxygen atoms in total. The van der Waals surface area contributed by atoms with Crippen LogP contribution in [0.25, 0.3) is 0 Å². The zero-order chi connectivity index (χ0) is 25.4. The van der Waals surface area contributed by atoms with E-state index in [0.29, 0.717) is 17.2 Å². The van der Waals surface area contributed by atoms with Gasteiger partial charge in [0.05, 0.1) is 26.2 Å². The highest BCUT2D eigenvalue weighted by atomic mass is 32.2. The Balaban J connectivity index is 1.51. The van der Waals surface area contributed by atoms with Crippen LogP contribution in [0.4, 0.5) is 24.8 Å². The van der Waals surface area contributed by atoms with Gasteiger partial charge in [0.25, 0.3) is 5.95 Å². The first-order valence-corrected chi connectivity index (χ1v) is 10.7. The molecule has 0 aliphatic heterocycles. The Morgan fingerprint density at radius 1 is 1.14 bits per heavy atom. The van der Waals surface area contributed by atoms with Crippen molar-refractivity contribution in [1.29, 1.82) is 0 Å². The van der Waals surface area contributed by atoms with Crippen LogP contribution in [0, 0.1) is 0 Å². The van der Waals surface area contributed by atoms with E-state index < -0.39 is 18.0 Å². The lowest BCUT2D eigenvalue weighted by Gasteiger charge is -2.10. The summed E-state index contributed by atoms with van der Waals surface area (Å²) >= 11 is 1.00. The molecule has 35 heavy (non-hydrogen) atoms. The van der Waals surface area contributed by atoms with E-state index in [1.165, 1.54) is 32.6 Å². The summed E-state index contributed by atoms with van der Waals surface area (Å²) in [7, 11) is 3.06. The summed E-state index contributed by atoms with van der Waals surface area (Å²) < 4.78 is 51.9. The molecule has 0 saturated heterocycles. The molecule has 1 heterocycles. The second-order valence-electron chi connectivity index (χ2n) is 6.57. The van der Waals surface area contributed by atoms with Gasteiger partial charge in [0, 0.05) is 5.69 Å². The Labute approximate surface area is 201 Å². The van der Waals surface area contributed by atoms with E-state index in [-0.39, 0.29) is 16.9 Å². The fourth-order valence-corrected chi connectivity index (χ4v) is 3.27. The standard InChI is InChI=1S/C20H20F3N7O4S/c1-32-15-8-3-12(9-16(15)33-2)10-25-27-18-28-29-19(30(18)24)35-11-17(31)26-13-4-6-14(7-5-13)34-20(21,22)23/h3-10H,11,24H2,1-2H3,(H,26,31)(H,27,28)/b25-10+. The molecule has 186 valence electrons. The van der Waals surface area contributed by atoms with Gasteiger partial charge >= 0.3 is 6.36 Å². The third kappa shape index (κ3) is 7.43. The Morgan fingerprint density at radius 3 is 2.51 bits per heavy atom. The van der Waals surface area contributed by atoms with Crippen LogP contribution in [-0.4, -0.2) is 53.3 Å². The van der Waals surface area contributed by atoms with Crippen LogP contribution in [-0.2, 0) is 4.79 Å². The van der Waals surface area contributed by atoms with Crippen LogP contribution >= 0.6 is 11.8 Å². The lowest BCUT2D eigenvalue weighted by molar-refractivity contribution is -0.274. The van der Waals surface area contributed by atoms with E-state index in [9.17, 15) is 18.0 Å². The van der Waals surface area contributed by atoms with Crippen molar-refractivity contribution in [3.05, 3.63) is 48.0 Å². The molecule has 0 aliphatic carbocycles. The van der Waals surface area contributed by atoms with Crippen LogP contribution in [0.15, 0.2) is 52.7 Å². The predicted octanol–water partition coefficient (Wildman–Crippen LogP) is 3.08. The minimum atomic E-state index is -4.79. The summed E-state index contributed by atoms with van der Waals surface area (Å²) in [6, 6.07) is 9.99. The van der Waals surface area contributed by atoms with Gasteiger partial charge in [0.1, 0.15) is 5.75 Å². The molecule has 0 bridgehead atoms. The predicted molar refractivity (Wildman–Crippen MR) is 123 cm³/mol. The number of hydrazone groups is 1. The number of amides is 1. The first-order valence-electron chi connectivity index (χ1n) is 9.68. The van der Waals surface area contributed by atoms with Crippen molar-refractivity contribution in [2.24, 2.45) is 5.10 Å². The fraction of sp³-hybridized carbons (Fsp3) is 0.200. The topological polar surface area (TPSA) is 138 Å². The zero-order valence-corrected chi connectivity index (χ0v) is 19.2. The second-order valence-corrected chi connectivity index (χ2v) is 7.51. The van der Waals surface area contributed by atoms with E-state index >= 15 is 0 Å². The van der Waals surface area contributed by atoms with Gasteiger partial charge in [-0.1, -0.05) is 11.8 Å². The Bertz CT molecular complexity index is 1190. The van der Waals surface area contributed by atoms with Gasteiger partial charge in [-0.25, -0.2) is 10.1 Å². The van der Waals surface area contributed by atoms with Gasteiger partial charge in [-0.2, -0.15) is 5.10 Å². The molecule has 1 amide bonds. The number of halogens is 3. The number of rotatable bonds is 10. The smallest absolute Gasteiger partial charge is 0.493 e. The molecule has 15 heteroatoms. The quantitative estimate of drug-likeness (QED) is 0.162. The number of nitrogen functional groups attached to an aromatic ring is 1. The minimum Gasteiger partial charge on any atom is -0.493 e. The molecule has 0 aliphatic rings. The van der Waals surface area contributed by atoms with Gasteiger partial charge in [-0.05, 0) is 48.0 Å². The Hall–Kier alpha value is -4.14. The largest absolute Gasteiger partial charge is 0.573 e. The lowest BCUT2D eigenvalue weighted by atomic mass is 10.2. The number of hydrogen-bond donors (Lipinski definition) is 3. The summed E-state index contributed by atoms with van der Waals surface area (Å²) in [6.45, 7) is 0. The SMILES string of the molecule is COc1ccc(/C=N/Nc2nnc(SCC(=O)Nc3ccc(OC(F)(F)F)cc3)n2N)cc1OC. The summed E-state index contributed by atoms with van der Waals surface area (Å²) in [6.07, 6.45) is -3.27. The number of nitrogens with zero attached hydrogens (tertiary/aromatic N) is 4. The number of methoxy groups -OCH3 is 2. The number of alkyl halides is 3. The van der Waals surface area contributed by atoms with Crippen LogP contribution in [0.5, 0.6) is 17.2 Å². The van der Waals surface area contributed by atoms with E-state index in [2.05, 4.69) is 30.8 Å². The van der Waals surface area contributed by atoms with E-state index in [1.807, 2.05) is 0 Å². The summed E-state index contributed by atoms with van der Waals surface area (Å²) in [5.74, 6) is 6.29. The van der Waals surface area contributed by atoms with Crippen LogP contribution in [0.3, 0.4) is 0 Å². The third-order valence-corrected chi connectivity index (χ3v) is 5.10. The van der Waals surface area contributed by atoms with Crippen molar-refractivity contribution in [1.82, 2.24) is 14.9 Å². The molecule has 0 radical (unpaired) electrons. The van der Waals surface area contributed by atoms with Crippen molar-refractivity contribution in [2.45, 2.75) is 11.5 Å². The summed E-state index contributed by atoms with van der Waals surface area (Å²) in [5.41, 5.74) is 3.67. The number of ether oxygens (including phenoxy) is 3. The molecule has 4 N–H and O–H groups in total. The monoisotopic (exact) mass is 511 g/mol. The molecular formula is C20H20F3N7O4S. The molecular weight excluding hydrogens is 491 g/mol. The molecule has 0 fully saturated rings. The summed E-state index contributed by atoms with van der Waals surface area (Å²) in [4.78, 5) is 12.1. The molecule has 3 aromatic rings. The van der Waals surface area contributed by atoms with Gasteiger partial charge in [0.2, 0.25) is 11.1 Å². The maximum absolute atomic E-state index is 12.2. The fourth-order valence-electron chi connectivity index (χ4n) is 2.62. The minimum absolute atomic E-state index is 0.0783. The number of carbonyl (C=O) groups excluding carboxylic acids is 1. The number of benzene rings is 2. The van der Waals surface area contributed by atoms with Crippen LogP contribution < -0.4 is 30.8 Å². The highest BCUT2D eigenvalue weighted by molar-refractivity contribution is 7.99. The molecule has 0 spiro atoms. The van der Waals surface area contributed by atoms with Crippen molar-refractivity contribution < 1.29 is 32.2 Å². The first-order chi connectivity index (χ1) is 16.7. The van der Waals surface area contributed by atoms with E-state index in [1.54, 1.807) is 18.2 Å². The average Bonchev–Trinajstić information content (AvgIpc) is 3.17.